The standard InChI is InChI=1S/C15H21BrN4O3/c1-8(7-17-14(22)23-15(2,3)4)18-10-6-12-11(5-9(10)16)19-13(21)20-12/h5-6,8,18H,7H2,1-4H3,(H,17,22)(H2,19,20,21). The number of ether oxygens (including phenoxy) is 1. The third kappa shape index (κ3) is 5.02. The van der Waals surface area contributed by atoms with Crippen LogP contribution in [0.1, 0.15) is 27.7 Å². The van der Waals surface area contributed by atoms with Gasteiger partial charge in [0.1, 0.15) is 5.60 Å². The number of nitrogens with one attached hydrogen (secondary N) is 4. The molecular weight excluding hydrogens is 364 g/mol. The Kier molecular flexibility index (Phi) is 5.03. The molecule has 1 atom stereocenters. The van der Waals surface area contributed by atoms with Crippen LogP contribution in [0.5, 0.6) is 0 Å². The smallest absolute Gasteiger partial charge is 0.407 e. The maximum Gasteiger partial charge on any atom is 0.407 e. The van der Waals surface area contributed by atoms with Crippen molar-refractivity contribution in [3.05, 3.63) is 27.1 Å². The van der Waals surface area contributed by atoms with E-state index in [4.69, 9.17) is 4.74 Å². The Morgan fingerprint density at radius 3 is 2.52 bits per heavy atom. The summed E-state index contributed by atoms with van der Waals surface area (Å²) in [6, 6.07) is 3.63. The van der Waals surface area contributed by atoms with Crippen LogP contribution in [0.4, 0.5) is 10.5 Å². The zero-order valence-electron chi connectivity index (χ0n) is 13.5. The SMILES string of the molecule is CC(CNC(=O)OC(C)(C)C)Nc1cc2[nH]c(=O)[nH]c2cc1Br. The van der Waals surface area contributed by atoms with Crippen molar-refractivity contribution in [2.24, 2.45) is 0 Å². The maximum atomic E-state index is 11.6. The Morgan fingerprint density at radius 1 is 1.30 bits per heavy atom. The average Bonchev–Trinajstić information content (AvgIpc) is 2.74. The van der Waals surface area contributed by atoms with Crippen molar-refractivity contribution in [2.75, 3.05) is 11.9 Å². The number of carbonyl (C=O) groups is 1. The van der Waals surface area contributed by atoms with E-state index in [1.54, 1.807) is 0 Å². The Balaban J connectivity index is 1.97. The Hall–Kier alpha value is -1.96. The highest BCUT2D eigenvalue weighted by molar-refractivity contribution is 9.10. The molecule has 4 N–H and O–H groups in total. The Morgan fingerprint density at radius 2 is 1.91 bits per heavy atom. The molecule has 1 aromatic carbocycles. The molecule has 1 amide bonds. The molecule has 1 heterocycles. The predicted molar refractivity (Wildman–Crippen MR) is 93.9 cm³/mol. The molecule has 0 fully saturated rings. The van der Waals surface area contributed by atoms with Crippen molar-refractivity contribution in [3.8, 4) is 0 Å². The molecule has 2 rings (SSSR count). The highest BCUT2D eigenvalue weighted by Crippen LogP contribution is 2.26. The quantitative estimate of drug-likeness (QED) is 0.650. The molecule has 1 unspecified atom stereocenters. The molecule has 2 aromatic rings. The summed E-state index contributed by atoms with van der Waals surface area (Å²) in [5, 5.41) is 5.99. The van der Waals surface area contributed by atoms with E-state index in [-0.39, 0.29) is 11.7 Å². The molecule has 0 bridgehead atoms. The number of rotatable bonds is 4. The molecule has 0 radical (unpaired) electrons. The van der Waals surface area contributed by atoms with E-state index in [1.165, 1.54) is 0 Å². The minimum absolute atomic E-state index is 0.0260. The average molecular weight is 385 g/mol. The largest absolute Gasteiger partial charge is 0.444 e. The monoisotopic (exact) mass is 384 g/mol. The van der Waals surface area contributed by atoms with Gasteiger partial charge in [0, 0.05) is 17.1 Å². The number of anilines is 1. The molecule has 23 heavy (non-hydrogen) atoms. The summed E-state index contributed by atoms with van der Waals surface area (Å²) in [5.41, 5.74) is 1.50. The second-order valence-electron chi connectivity index (χ2n) is 6.38. The van der Waals surface area contributed by atoms with Crippen LogP contribution in [0.15, 0.2) is 21.4 Å². The summed E-state index contributed by atoms with van der Waals surface area (Å²) in [7, 11) is 0. The predicted octanol–water partition coefficient (Wildman–Crippen LogP) is 2.94. The summed E-state index contributed by atoms with van der Waals surface area (Å²) in [5.74, 6) is 0. The highest BCUT2D eigenvalue weighted by atomic mass is 79.9. The van der Waals surface area contributed by atoms with Gasteiger partial charge in [-0.2, -0.15) is 0 Å². The molecule has 8 heteroatoms. The topological polar surface area (TPSA) is 99.0 Å². The van der Waals surface area contributed by atoms with E-state index < -0.39 is 11.7 Å². The van der Waals surface area contributed by atoms with E-state index in [1.807, 2.05) is 39.8 Å². The Bertz CT molecular complexity index is 760. The van der Waals surface area contributed by atoms with Gasteiger partial charge in [-0.05, 0) is 55.8 Å². The number of amides is 1. The number of benzene rings is 1. The van der Waals surface area contributed by atoms with Crippen LogP contribution in [0.3, 0.4) is 0 Å². The summed E-state index contributed by atoms with van der Waals surface area (Å²) in [4.78, 5) is 28.4. The summed E-state index contributed by atoms with van der Waals surface area (Å²) < 4.78 is 6.02. The van der Waals surface area contributed by atoms with Gasteiger partial charge in [-0.3, -0.25) is 0 Å². The number of hydrogen-bond donors (Lipinski definition) is 4. The zero-order chi connectivity index (χ0) is 17.2. The van der Waals surface area contributed by atoms with Gasteiger partial charge in [-0.1, -0.05) is 0 Å². The first kappa shape index (κ1) is 17.4. The molecule has 0 saturated carbocycles. The first-order chi connectivity index (χ1) is 10.6. The van der Waals surface area contributed by atoms with Gasteiger partial charge in [-0.25, -0.2) is 9.59 Å². The van der Waals surface area contributed by atoms with Crippen LogP contribution < -0.4 is 16.3 Å². The first-order valence-electron chi connectivity index (χ1n) is 7.29. The van der Waals surface area contributed by atoms with Crippen LogP contribution in [0.2, 0.25) is 0 Å². The number of aromatic amines is 2. The van der Waals surface area contributed by atoms with E-state index in [2.05, 4.69) is 36.5 Å². The molecule has 0 aliphatic rings. The molecule has 0 aliphatic carbocycles. The molecule has 0 spiro atoms. The van der Waals surface area contributed by atoms with Crippen LogP contribution in [0.25, 0.3) is 11.0 Å². The van der Waals surface area contributed by atoms with Gasteiger partial charge < -0.3 is 25.3 Å². The molecule has 0 aliphatic heterocycles. The van der Waals surface area contributed by atoms with E-state index in [0.29, 0.717) is 12.1 Å². The second-order valence-corrected chi connectivity index (χ2v) is 7.24. The molecule has 126 valence electrons. The fourth-order valence-corrected chi connectivity index (χ4v) is 2.49. The fourth-order valence-electron chi connectivity index (χ4n) is 2.03. The van der Waals surface area contributed by atoms with Crippen molar-refractivity contribution >= 4 is 38.7 Å². The zero-order valence-corrected chi connectivity index (χ0v) is 15.1. The van der Waals surface area contributed by atoms with Crippen LogP contribution in [-0.4, -0.2) is 34.2 Å². The first-order valence-corrected chi connectivity index (χ1v) is 8.08. The lowest BCUT2D eigenvalue weighted by atomic mass is 10.2. The van der Waals surface area contributed by atoms with Crippen LogP contribution in [-0.2, 0) is 4.74 Å². The molecule has 1 aromatic heterocycles. The number of fused-ring (bicyclic) bond motifs is 1. The number of imidazole rings is 1. The summed E-state index contributed by atoms with van der Waals surface area (Å²) in [6.45, 7) is 7.80. The number of halogens is 1. The molecular formula is C15H21BrN4O3. The minimum atomic E-state index is -0.519. The van der Waals surface area contributed by atoms with Gasteiger partial charge in [0.2, 0.25) is 0 Å². The number of carbonyl (C=O) groups excluding carboxylic acids is 1. The minimum Gasteiger partial charge on any atom is -0.444 e. The lowest BCUT2D eigenvalue weighted by molar-refractivity contribution is 0.0526. The van der Waals surface area contributed by atoms with Crippen molar-refractivity contribution in [2.45, 2.75) is 39.3 Å². The van der Waals surface area contributed by atoms with Crippen molar-refractivity contribution in [3.63, 3.8) is 0 Å². The lowest BCUT2D eigenvalue weighted by Crippen LogP contribution is -2.38. The van der Waals surface area contributed by atoms with Crippen LogP contribution >= 0.6 is 15.9 Å². The van der Waals surface area contributed by atoms with Crippen molar-refractivity contribution < 1.29 is 9.53 Å². The molecule has 7 nitrogen and oxygen atoms in total. The number of aromatic nitrogens is 2. The normalized spacial score (nSPS) is 12.9. The van der Waals surface area contributed by atoms with Gasteiger partial charge in [0.25, 0.3) is 0 Å². The van der Waals surface area contributed by atoms with E-state index in [0.717, 1.165) is 15.7 Å². The lowest BCUT2D eigenvalue weighted by Gasteiger charge is -2.21. The van der Waals surface area contributed by atoms with Gasteiger partial charge in [0.15, 0.2) is 0 Å². The third-order valence-electron chi connectivity index (χ3n) is 2.96. The molecule has 0 saturated heterocycles. The second kappa shape index (κ2) is 6.66. The fraction of sp³-hybridized carbons (Fsp3) is 0.467. The number of alkyl carbamates (subject to hydrolysis) is 1. The van der Waals surface area contributed by atoms with E-state index >= 15 is 0 Å². The Labute approximate surface area is 142 Å². The summed E-state index contributed by atoms with van der Waals surface area (Å²) >= 11 is 3.46. The summed E-state index contributed by atoms with van der Waals surface area (Å²) in [6.07, 6.45) is -0.448. The third-order valence-corrected chi connectivity index (χ3v) is 3.61. The number of H-pyrrole nitrogens is 2. The van der Waals surface area contributed by atoms with Crippen LogP contribution in [0, 0.1) is 0 Å². The van der Waals surface area contributed by atoms with Crippen molar-refractivity contribution in [1.82, 2.24) is 15.3 Å². The van der Waals surface area contributed by atoms with Gasteiger partial charge in [0.05, 0.1) is 16.7 Å². The highest BCUT2D eigenvalue weighted by Gasteiger charge is 2.16. The van der Waals surface area contributed by atoms with Crippen molar-refractivity contribution in [1.29, 1.82) is 0 Å². The number of hydrogen-bond acceptors (Lipinski definition) is 4. The van der Waals surface area contributed by atoms with Gasteiger partial charge >= 0.3 is 11.8 Å². The van der Waals surface area contributed by atoms with E-state index in [9.17, 15) is 9.59 Å². The van der Waals surface area contributed by atoms with Gasteiger partial charge in [-0.15, -0.1) is 0 Å². The maximum absolute atomic E-state index is 11.6.